The molecule has 0 saturated carbocycles. The zero-order chi connectivity index (χ0) is 22.0. The summed E-state index contributed by atoms with van der Waals surface area (Å²) in [7, 11) is 0. The van der Waals surface area contributed by atoms with E-state index >= 15 is 0 Å². The van der Waals surface area contributed by atoms with Gasteiger partial charge in [0.1, 0.15) is 12.4 Å². The molecule has 1 N–H and O–H groups in total. The minimum absolute atomic E-state index is 0.107. The zero-order valence-corrected chi connectivity index (χ0v) is 17.2. The number of carbonyl (C=O) groups excluding carboxylic acids is 1. The van der Waals surface area contributed by atoms with Crippen LogP contribution in [-0.4, -0.2) is 33.3 Å². The van der Waals surface area contributed by atoms with Crippen molar-refractivity contribution in [3.05, 3.63) is 40.1 Å². The highest BCUT2D eigenvalue weighted by Gasteiger charge is 2.32. The van der Waals surface area contributed by atoms with E-state index in [1.54, 1.807) is 4.57 Å². The number of fused-ring (bicyclic) bond motifs is 1. The minimum Gasteiger partial charge on any atom is -0.370 e. The normalized spacial score (nSPS) is 17.2. The van der Waals surface area contributed by atoms with Crippen molar-refractivity contribution in [2.24, 2.45) is 0 Å². The fourth-order valence-electron chi connectivity index (χ4n) is 4.28. The maximum Gasteiger partial charge on any atom is 0.416 e. The maximum atomic E-state index is 13.3. The molecule has 0 atom stereocenters. The second-order valence-corrected chi connectivity index (χ2v) is 8.14. The second kappa shape index (κ2) is 8.76. The summed E-state index contributed by atoms with van der Waals surface area (Å²) in [5.74, 6) is 0.0799. The summed E-state index contributed by atoms with van der Waals surface area (Å²) in [5.41, 5.74) is -0.508. The van der Waals surface area contributed by atoms with Crippen LogP contribution in [0.2, 0.25) is 0 Å². The van der Waals surface area contributed by atoms with Crippen LogP contribution in [0.25, 0.3) is 0 Å². The molecule has 1 aromatic carbocycles. The molecule has 4 rings (SSSR count). The number of piperidine rings is 1. The first-order valence-electron chi connectivity index (χ1n) is 10.8. The average Bonchev–Trinajstić information content (AvgIpc) is 2.90. The molecule has 0 bridgehead atoms. The average molecular weight is 437 g/mol. The highest BCUT2D eigenvalue weighted by Crippen LogP contribution is 2.36. The molecule has 168 valence electrons. The third kappa shape index (κ3) is 4.77. The van der Waals surface area contributed by atoms with E-state index in [-0.39, 0.29) is 17.9 Å². The number of hydrogen-bond acceptors (Lipinski definition) is 4. The lowest BCUT2D eigenvalue weighted by Crippen LogP contribution is -2.32. The van der Waals surface area contributed by atoms with Gasteiger partial charge in [-0.05, 0) is 50.3 Å². The largest absolute Gasteiger partial charge is 0.416 e. The molecule has 0 unspecified atom stereocenters. The number of nitrogens with zero attached hydrogens (tertiary/aromatic N) is 4. The van der Waals surface area contributed by atoms with Crippen LogP contribution in [0.3, 0.4) is 0 Å². The van der Waals surface area contributed by atoms with Crippen LogP contribution in [0.1, 0.15) is 49.9 Å². The van der Waals surface area contributed by atoms with Crippen LogP contribution >= 0.6 is 0 Å². The van der Waals surface area contributed by atoms with Crippen molar-refractivity contribution in [2.75, 3.05) is 23.3 Å². The predicted molar refractivity (Wildman–Crippen MR) is 110 cm³/mol. The number of alkyl halides is 3. The maximum absolute atomic E-state index is 13.3. The van der Waals surface area contributed by atoms with E-state index in [2.05, 4.69) is 10.4 Å². The van der Waals surface area contributed by atoms with Gasteiger partial charge in [0.25, 0.3) is 0 Å². The Bertz CT molecular complexity index is 1010. The summed E-state index contributed by atoms with van der Waals surface area (Å²) in [6, 6.07) is 3.41. The predicted octanol–water partition coefficient (Wildman–Crippen LogP) is 3.42. The van der Waals surface area contributed by atoms with Crippen molar-refractivity contribution < 1.29 is 18.0 Å². The third-order valence-corrected chi connectivity index (χ3v) is 5.87. The number of aryl methyl sites for hydroxylation is 1. The van der Waals surface area contributed by atoms with E-state index in [4.69, 9.17) is 0 Å². The topological polar surface area (TPSA) is 72.2 Å². The molecule has 1 saturated heterocycles. The SMILES string of the molecule is O=C(Cn1nc2n(c1=O)CCCCC2)Nc1cc(C(F)(F)F)ccc1N1CCCCC1. The number of benzene rings is 1. The van der Waals surface area contributed by atoms with Crippen molar-refractivity contribution in [1.82, 2.24) is 14.3 Å². The molecule has 0 aliphatic carbocycles. The van der Waals surface area contributed by atoms with Crippen LogP contribution in [-0.2, 0) is 30.5 Å². The summed E-state index contributed by atoms with van der Waals surface area (Å²) in [6.07, 6.45) is 1.98. The number of nitrogens with one attached hydrogen (secondary N) is 1. The van der Waals surface area contributed by atoms with Crippen molar-refractivity contribution in [3.8, 4) is 0 Å². The summed E-state index contributed by atoms with van der Waals surface area (Å²) in [6.45, 7) is 1.68. The van der Waals surface area contributed by atoms with Crippen LogP contribution < -0.4 is 15.9 Å². The van der Waals surface area contributed by atoms with E-state index in [9.17, 15) is 22.8 Å². The molecule has 2 aliphatic heterocycles. The van der Waals surface area contributed by atoms with Gasteiger partial charge in [0.2, 0.25) is 5.91 Å². The van der Waals surface area contributed by atoms with Gasteiger partial charge in [-0.2, -0.15) is 18.3 Å². The lowest BCUT2D eigenvalue weighted by atomic mass is 10.1. The number of aromatic nitrogens is 3. The number of carbonyl (C=O) groups is 1. The lowest BCUT2D eigenvalue weighted by Gasteiger charge is -2.31. The van der Waals surface area contributed by atoms with Crippen molar-refractivity contribution in [1.29, 1.82) is 0 Å². The minimum atomic E-state index is -4.52. The molecule has 1 fully saturated rings. The Hall–Kier alpha value is -2.78. The Kier molecular flexibility index (Phi) is 6.06. The Balaban J connectivity index is 1.57. The fraction of sp³-hybridized carbons (Fsp3) is 0.571. The number of rotatable bonds is 4. The summed E-state index contributed by atoms with van der Waals surface area (Å²) < 4.78 is 42.5. The quantitative estimate of drug-likeness (QED) is 0.796. The van der Waals surface area contributed by atoms with Gasteiger partial charge >= 0.3 is 11.9 Å². The monoisotopic (exact) mass is 437 g/mol. The van der Waals surface area contributed by atoms with Crippen LogP contribution in [0, 0.1) is 0 Å². The standard InChI is InChI=1S/C21H26F3N5O2/c22-21(23,24)15-8-9-17(27-10-4-2-5-11-27)16(13-15)25-19(30)14-29-20(31)28-12-6-1-3-7-18(28)26-29/h8-9,13H,1-7,10-12,14H2,(H,25,30). The molecule has 0 spiro atoms. The summed E-state index contributed by atoms with van der Waals surface area (Å²) in [5, 5.41) is 6.88. The first-order chi connectivity index (χ1) is 14.8. The fourth-order valence-corrected chi connectivity index (χ4v) is 4.28. The first kappa shape index (κ1) is 21.5. The van der Waals surface area contributed by atoms with Gasteiger partial charge in [-0.1, -0.05) is 6.42 Å². The van der Waals surface area contributed by atoms with Gasteiger partial charge < -0.3 is 10.2 Å². The highest BCUT2D eigenvalue weighted by molar-refractivity contribution is 5.94. The molecule has 31 heavy (non-hydrogen) atoms. The van der Waals surface area contributed by atoms with Gasteiger partial charge in [0.15, 0.2) is 0 Å². The van der Waals surface area contributed by atoms with Crippen molar-refractivity contribution in [3.63, 3.8) is 0 Å². The first-order valence-corrected chi connectivity index (χ1v) is 10.8. The Morgan fingerprint density at radius 2 is 1.74 bits per heavy atom. The molecular formula is C21H26F3N5O2. The molecule has 2 aromatic rings. The number of amides is 1. The van der Waals surface area contributed by atoms with Gasteiger partial charge in [-0.3, -0.25) is 9.36 Å². The molecule has 1 amide bonds. The molecular weight excluding hydrogens is 411 g/mol. The number of anilines is 2. The Morgan fingerprint density at radius 1 is 1.03 bits per heavy atom. The third-order valence-electron chi connectivity index (χ3n) is 5.87. The molecule has 1 aromatic heterocycles. The van der Waals surface area contributed by atoms with Crippen LogP contribution in [0.4, 0.5) is 24.5 Å². The van der Waals surface area contributed by atoms with E-state index < -0.39 is 17.6 Å². The Morgan fingerprint density at radius 3 is 2.48 bits per heavy atom. The molecule has 0 radical (unpaired) electrons. The Labute approximate surface area is 177 Å². The van der Waals surface area contributed by atoms with Crippen molar-refractivity contribution in [2.45, 2.75) is 64.2 Å². The summed E-state index contributed by atoms with van der Waals surface area (Å²) >= 11 is 0. The van der Waals surface area contributed by atoms with Gasteiger partial charge in [-0.15, -0.1) is 0 Å². The zero-order valence-electron chi connectivity index (χ0n) is 17.2. The van der Waals surface area contributed by atoms with Crippen molar-refractivity contribution >= 4 is 17.3 Å². The molecule has 2 aliphatic rings. The number of halogens is 3. The molecule has 10 heteroatoms. The van der Waals surface area contributed by atoms with Crippen LogP contribution in [0.15, 0.2) is 23.0 Å². The van der Waals surface area contributed by atoms with Gasteiger partial charge in [0, 0.05) is 26.1 Å². The van der Waals surface area contributed by atoms with Crippen LogP contribution in [0.5, 0.6) is 0 Å². The lowest BCUT2D eigenvalue weighted by molar-refractivity contribution is -0.137. The number of hydrogen-bond donors (Lipinski definition) is 1. The van der Waals surface area contributed by atoms with E-state index in [1.807, 2.05) is 4.90 Å². The highest BCUT2D eigenvalue weighted by atomic mass is 19.4. The molecule has 7 nitrogen and oxygen atoms in total. The van der Waals surface area contributed by atoms with Gasteiger partial charge in [0.05, 0.1) is 16.9 Å². The van der Waals surface area contributed by atoms with Gasteiger partial charge in [-0.25, -0.2) is 9.48 Å². The molecule has 3 heterocycles. The van der Waals surface area contributed by atoms with E-state index in [0.29, 0.717) is 24.5 Å². The second-order valence-electron chi connectivity index (χ2n) is 8.14. The summed E-state index contributed by atoms with van der Waals surface area (Å²) in [4.78, 5) is 27.3. The smallest absolute Gasteiger partial charge is 0.370 e. The van der Waals surface area contributed by atoms with E-state index in [1.165, 1.54) is 6.07 Å². The van der Waals surface area contributed by atoms with E-state index in [0.717, 1.165) is 68.4 Å².